The highest BCUT2D eigenvalue weighted by Crippen LogP contribution is 2.29. The molecule has 1 aliphatic rings. The Balaban J connectivity index is 1.63. The van der Waals surface area contributed by atoms with Crippen molar-refractivity contribution in [2.24, 2.45) is 5.73 Å². The summed E-state index contributed by atoms with van der Waals surface area (Å²) in [5, 5.41) is 2.78. The lowest BCUT2D eigenvalue weighted by Crippen LogP contribution is -2.58. The van der Waals surface area contributed by atoms with Gasteiger partial charge in [0, 0.05) is 18.8 Å². The standard InChI is InChI=1S/C21H24F3N3O4S/c1-2-15-3-5-16(6-4-15)26-19(28)20(25)11-13-27(14-12-20)32(29,30)18-9-7-17(8-10-18)31-21(22,23)24/h3-10H,2,11-14,25H2,1H3,(H,26,28). The molecule has 32 heavy (non-hydrogen) atoms. The fourth-order valence-electron chi connectivity index (χ4n) is 3.39. The summed E-state index contributed by atoms with van der Waals surface area (Å²) in [5.74, 6) is -0.910. The van der Waals surface area contributed by atoms with E-state index in [1.807, 2.05) is 19.1 Å². The second-order valence-electron chi connectivity index (χ2n) is 7.58. The Morgan fingerprint density at radius 2 is 1.66 bits per heavy atom. The number of anilines is 1. The van der Waals surface area contributed by atoms with Crippen LogP contribution < -0.4 is 15.8 Å². The summed E-state index contributed by atoms with van der Waals surface area (Å²) in [5.41, 5.74) is 6.77. The van der Waals surface area contributed by atoms with Gasteiger partial charge in [0.05, 0.1) is 10.4 Å². The molecule has 2 aromatic carbocycles. The molecule has 0 radical (unpaired) electrons. The average Bonchev–Trinajstić information content (AvgIpc) is 2.74. The Bertz CT molecular complexity index is 1050. The van der Waals surface area contributed by atoms with Gasteiger partial charge in [0.15, 0.2) is 0 Å². The van der Waals surface area contributed by atoms with E-state index in [4.69, 9.17) is 5.73 Å². The van der Waals surface area contributed by atoms with Crippen molar-refractivity contribution in [3.63, 3.8) is 0 Å². The number of sulfonamides is 1. The number of hydrogen-bond acceptors (Lipinski definition) is 5. The molecule has 1 saturated heterocycles. The monoisotopic (exact) mass is 471 g/mol. The number of piperidine rings is 1. The highest BCUT2D eigenvalue weighted by molar-refractivity contribution is 7.89. The zero-order valence-corrected chi connectivity index (χ0v) is 18.2. The SMILES string of the molecule is CCc1ccc(NC(=O)C2(N)CCN(S(=O)(=O)c3ccc(OC(F)(F)F)cc3)CC2)cc1. The van der Waals surface area contributed by atoms with E-state index in [1.165, 1.54) is 4.31 Å². The van der Waals surface area contributed by atoms with Gasteiger partial charge in [-0.2, -0.15) is 4.31 Å². The first kappa shape index (κ1) is 24.0. The molecule has 1 amide bonds. The number of nitrogens with two attached hydrogens (primary N) is 1. The minimum Gasteiger partial charge on any atom is -0.406 e. The molecule has 0 spiro atoms. The molecule has 0 saturated carbocycles. The third kappa shape index (κ3) is 5.59. The maximum atomic E-state index is 12.8. The number of nitrogens with one attached hydrogen (secondary N) is 1. The Kier molecular flexibility index (Phi) is 6.82. The number of rotatable bonds is 6. The second kappa shape index (κ2) is 9.08. The summed E-state index contributed by atoms with van der Waals surface area (Å²) in [7, 11) is -3.96. The van der Waals surface area contributed by atoms with Crippen LogP contribution in [-0.4, -0.2) is 43.6 Å². The van der Waals surface area contributed by atoms with Gasteiger partial charge in [0.25, 0.3) is 0 Å². The molecule has 7 nitrogen and oxygen atoms in total. The van der Waals surface area contributed by atoms with Gasteiger partial charge in [-0.3, -0.25) is 4.79 Å². The van der Waals surface area contributed by atoms with Gasteiger partial charge in [0.1, 0.15) is 5.75 Å². The summed E-state index contributed by atoms with van der Waals surface area (Å²) in [6.07, 6.45) is -3.80. The zero-order chi connectivity index (χ0) is 23.6. The smallest absolute Gasteiger partial charge is 0.406 e. The summed E-state index contributed by atoms with van der Waals surface area (Å²) in [6, 6.07) is 11.3. The fraction of sp³-hybridized carbons (Fsp3) is 0.381. The molecule has 0 atom stereocenters. The number of benzene rings is 2. The number of carbonyl (C=O) groups is 1. The van der Waals surface area contributed by atoms with E-state index in [2.05, 4.69) is 10.1 Å². The van der Waals surface area contributed by atoms with Crippen LogP contribution in [0.3, 0.4) is 0 Å². The third-order valence-corrected chi connectivity index (χ3v) is 7.29. The van der Waals surface area contributed by atoms with Gasteiger partial charge in [-0.05, 0) is 61.2 Å². The first-order valence-electron chi connectivity index (χ1n) is 9.98. The van der Waals surface area contributed by atoms with E-state index >= 15 is 0 Å². The van der Waals surface area contributed by atoms with Crippen molar-refractivity contribution in [3.8, 4) is 5.75 Å². The Morgan fingerprint density at radius 3 is 2.16 bits per heavy atom. The number of carbonyl (C=O) groups excluding carboxylic acids is 1. The number of alkyl halides is 3. The predicted octanol–water partition coefficient (Wildman–Crippen LogP) is 3.27. The van der Waals surface area contributed by atoms with Crippen molar-refractivity contribution in [2.45, 2.75) is 43.0 Å². The van der Waals surface area contributed by atoms with Gasteiger partial charge in [0.2, 0.25) is 15.9 Å². The number of amides is 1. The molecule has 174 valence electrons. The first-order chi connectivity index (χ1) is 14.9. The largest absolute Gasteiger partial charge is 0.573 e. The van der Waals surface area contributed by atoms with Crippen molar-refractivity contribution >= 4 is 21.6 Å². The minimum atomic E-state index is -4.86. The van der Waals surface area contributed by atoms with Crippen LogP contribution in [0, 0.1) is 0 Å². The van der Waals surface area contributed by atoms with Crippen molar-refractivity contribution < 1.29 is 31.1 Å². The van der Waals surface area contributed by atoms with E-state index in [0.29, 0.717) is 5.69 Å². The van der Waals surface area contributed by atoms with Gasteiger partial charge in [-0.1, -0.05) is 19.1 Å². The van der Waals surface area contributed by atoms with E-state index in [9.17, 15) is 26.4 Å². The Morgan fingerprint density at radius 1 is 1.09 bits per heavy atom. The molecular formula is C21H24F3N3O4S. The van der Waals surface area contributed by atoms with Crippen LogP contribution in [0.2, 0.25) is 0 Å². The van der Waals surface area contributed by atoms with E-state index in [1.54, 1.807) is 12.1 Å². The van der Waals surface area contributed by atoms with Crippen molar-refractivity contribution in [3.05, 3.63) is 54.1 Å². The normalized spacial score (nSPS) is 17.0. The summed E-state index contributed by atoms with van der Waals surface area (Å²) in [4.78, 5) is 12.5. The maximum Gasteiger partial charge on any atom is 0.573 e. The van der Waals surface area contributed by atoms with Crippen LogP contribution in [0.4, 0.5) is 18.9 Å². The molecule has 11 heteroatoms. The number of aryl methyl sites for hydroxylation is 1. The lowest BCUT2D eigenvalue weighted by atomic mass is 9.88. The first-order valence-corrected chi connectivity index (χ1v) is 11.4. The topological polar surface area (TPSA) is 102 Å². The molecule has 0 aromatic heterocycles. The Labute approximate surface area is 184 Å². The number of halogens is 3. The summed E-state index contributed by atoms with van der Waals surface area (Å²) < 4.78 is 67.5. The molecule has 0 unspecified atom stereocenters. The quantitative estimate of drug-likeness (QED) is 0.673. The van der Waals surface area contributed by atoms with Crippen LogP contribution in [0.1, 0.15) is 25.3 Å². The van der Waals surface area contributed by atoms with Gasteiger partial charge >= 0.3 is 6.36 Å². The predicted molar refractivity (Wildman–Crippen MR) is 112 cm³/mol. The Hall–Kier alpha value is -2.63. The average molecular weight is 472 g/mol. The lowest BCUT2D eigenvalue weighted by Gasteiger charge is -2.37. The molecule has 3 N–H and O–H groups in total. The van der Waals surface area contributed by atoms with Crippen LogP contribution >= 0.6 is 0 Å². The molecular weight excluding hydrogens is 447 g/mol. The van der Waals surface area contributed by atoms with Crippen molar-refractivity contribution in [1.82, 2.24) is 4.31 Å². The fourth-order valence-corrected chi connectivity index (χ4v) is 4.84. The molecule has 2 aromatic rings. The maximum absolute atomic E-state index is 12.8. The van der Waals surface area contributed by atoms with Crippen LogP contribution in [0.15, 0.2) is 53.4 Å². The summed E-state index contributed by atoms with van der Waals surface area (Å²) >= 11 is 0. The zero-order valence-electron chi connectivity index (χ0n) is 17.4. The number of nitrogens with zero attached hydrogens (tertiary/aromatic N) is 1. The molecule has 1 fully saturated rings. The molecule has 0 bridgehead atoms. The molecule has 0 aliphatic carbocycles. The van der Waals surface area contributed by atoms with Gasteiger partial charge < -0.3 is 15.8 Å². The molecule has 1 aliphatic heterocycles. The number of hydrogen-bond donors (Lipinski definition) is 2. The van der Waals surface area contributed by atoms with E-state index < -0.39 is 33.6 Å². The van der Waals surface area contributed by atoms with Gasteiger partial charge in [-0.15, -0.1) is 13.2 Å². The van der Waals surface area contributed by atoms with E-state index in [0.717, 1.165) is 36.2 Å². The van der Waals surface area contributed by atoms with Gasteiger partial charge in [-0.25, -0.2) is 8.42 Å². The highest BCUT2D eigenvalue weighted by atomic mass is 32.2. The highest BCUT2D eigenvalue weighted by Gasteiger charge is 2.41. The van der Waals surface area contributed by atoms with Crippen LogP contribution in [-0.2, 0) is 21.2 Å². The third-order valence-electron chi connectivity index (χ3n) is 5.38. The van der Waals surface area contributed by atoms with E-state index in [-0.39, 0.29) is 30.8 Å². The number of ether oxygens (including phenoxy) is 1. The molecule has 1 heterocycles. The van der Waals surface area contributed by atoms with Crippen LogP contribution in [0.5, 0.6) is 5.75 Å². The summed E-state index contributed by atoms with van der Waals surface area (Å²) in [6.45, 7) is 2.03. The van der Waals surface area contributed by atoms with Crippen molar-refractivity contribution in [1.29, 1.82) is 0 Å². The minimum absolute atomic E-state index is 0.00181. The van der Waals surface area contributed by atoms with Crippen molar-refractivity contribution in [2.75, 3.05) is 18.4 Å². The van der Waals surface area contributed by atoms with Crippen LogP contribution in [0.25, 0.3) is 0 Å². The lowest BCUT2D eigenvalue weighted by molar-refractivity contribution is -0.274. The second-order valence-corrected chi connectivity index (χ2v) is 9.52. The molecule has 3 rings (SSSR count).